The molecule has 2 aromatic carbocycles. The van der Waals surface area contributed by atoms with E-state index in [9.17, 15) is 0 Å². The number of para-hydroxylation sites is 1. The summed E-state index contributed by atoms with van der Waals surface area (Å²) in [5, 5.41) is 0. The largest absolute Gasteiger partial charge is 0.383 e. The molecule has 32 heavy (non-hydrogen) atoms. The van der Waals surface area contributed by atoms with Gasteiger partial charge >= 0.3 is 0 Å². The highest BCUT2D eigenvalue weighted by molar-refractivity contribution is 9.10. The number of fused-ring (bicyclic) bond motifs is 1. The zero-order chi connectivity index (χ0) is 21.9. The number of benzene rings is 2. The quantitative estimate of drug-likeness (QED) is 0.273. The van der Waals surface area contributed by atoms with Crippen LogP contribution in [0.1, 0.15) is 5.56 Å². The van der Waals surface area contributed by atoms with Gasteiger partial charge in [-0.15, -0.1) is 0 Å². The number of nitrogens with zero attached hydrogens (tertiary/aromatic N) is 4. The molecule has 0 aliphatic heterocycles. The number of rotatable bonds is 6. The van der Waals surface area contributed by atoms with Crippen LogP contribution in [0.3, 0.4) is 0 Å². The van der Waals surface area contributed by atoms with Gasteiger partial charge < -0.3 is 10.5 Å². The maximum absolute atomic E-state index is 6.17. The minimum absolute atomic E-state index is 0.433. The molecule has 0 saturated heterocycles. The van der Waals surface area contributed by atoms with Gasteiger partial charge in [-0.25, -0.2) is 15.0 Å². The van der Waals surface area contributed by atoms with Crippen molar-refractivity contribution >= 4 is 50.5 Å². The van der Waals surface area contributed by atoms with E-state index in [1.807, 2.05) is 41.0 Å². The lowest BCUT2D eigenvalue weighted by Gasteiger charge is -2.11. The summed E-state index contributed by atoms with van der Waals surface area (Å²) in [6.07, 6.45) is 3.45. The first-order chi connectivity index (χ1) is 15.7. The van der Waals surface area contributed by atoms with Gasteiger partial charge in [-0.1, -0.05) is 30.3 Å². The Bertz CT molecular complexity index is 1370. The minimum Gasteiger partial charge on any atom is -0.383 e. The molecule has 158 valence electrons. The first-order valence-corrected chi connectivity index (χ1v) is 11.7. The van der Waals surface area contributed by atoms with Crippen LogP contribution in [0.4, 0.5) is 11.5 Å². The molecule has 0 radical (unpaired) electrons. The third-order valence-electron chi connectivity index (χ3n) is 4.94. The highest BCUT2D eigenvalue weighted by atomic mass is 79.9. The SMILES string of the molecule is Nc1ncccc1-c1nc2cc(Br)cnc2n1-c1ccc(CSNc2ccccc2)cc1. The number of nitrogen functional groups attached to an aromatic ring is 1. The number of nitrogens with one attached hydrogen (secondary N) is 1. The summed E-state index contributed by atoms with van der Waals surface area (Å²) >= 11 is 5.14. The molecule has 5 aromatic rings. The lowest BCUT2D eigenvalue weighted by atomic mass is 10.2. The molecule has 8 heteroatoms. The average Bonchev–Trinajstić information content (AvgIpc) is 3.19. The maximum Gasteiger partial charge on any atom is 0.165 e. The van der Waals surface area contributed by atoms with Crippen molar-refractivity contribution in [2.24, 2.45) is 0 Å². The molecule has 0 atom stereocenters. The van der Waals surface area contributed by atoms with Crippen molar-refractivity contribution in [3.05, 3.63) is 95.2 Å². The molecule has 3 heterocycles. The zero-order valence-electron chi connectivity index (χ0n) is 16.9. The van der Waals surface area contributed by atoms with E-state index in [2.05, 4.69) is 67.0 Å². The van der Waals surface area contributed by atoms with E-state index < -0.39 is 0 Å². The fourth-order valence-corrected chi connectivity index (χ4v) is 4.48. The van der Waals surface area contributed by atoms with Gasteiger partial charge in [0.1, 0.15) is 11.3 Å². The van der Waals surface area contributed by atoms with Crippen molar-refractivity contribution in [3.63, 3.8) is 0 Å². The van der Waals surface area contributed by atoms with Gasteiger partial charge in [0.2, 0.25) is 0 Å². The van der Waals surface area contributed by atoms with Crippen LogP contribution < -0.4 is 10.5 Å². The molecule has 6 nitrogen and oxygen atoms in total. The van der Waals surface area contributed by atoms with Gasteiger partial charge in [-0.05, 0) is 75.9 Å². The molecule has 0 unspecified atom stereocenters. The summed E-state index contributed by atoms with van der Waals surface area (Å²) in [5.41, 5.74) is 11.8. The highest BCUT2D eigenvalue weighted by Gasteiger charge is 2.18. The minimum atomic E-state index is 0.433. The number of anilines is 2. The van der Waals surface area contributed by atoms with Crippen molar-refractivity contribution in [2.45, 2.75) is 5.75 Å². The Balaban J connectivity index is 1.47. The van der Waals surface area contributed by atoms with E-state index in [4.69, 9.17) is 10.7 Å². The van der Waals surface area contributed by atoms with Crippen LogP contribution >= 0.6 is 27.9 Å². The molecule has 0 saturated carbocycles. The van der Waals surface area contributed by atoms with E-state index in [0.717, 1.165) is 38.3 Å². The Morgan fingerprint density at radius 2 is 1.78 bits per heavy atom. The summed E-state index contributed by atoms with van der Waals surface area (Å²) in [7, 11) is 0. The lowest BCUT2D eigenvalue weighted by Crippen LogP contribution is -2.02. The lowest BCUT2D eigenvalue weighted by molar-refractivity contribution is 1.07. The van der Waals surface area contributed by atoms with Crippen LogP contribution in [0, 0.1) is 0 Å². The average molecular weight is 503 g/mol. The van der Waals surface area contributed by atoms with Crippen LogP contribution in [-0.2, 0) is 5.75 Å². The second kappa shape index (κ2) is 9.02. The monoisotopic (exact) mass is 502 g/mol. The van der Waals surface area contributed by atoms with Gasteiger partial charge in [0.25, 0.3) is 0 Å². The molecular weight excluding hydrogens is 484 g/mol. The Labute approximate surface area is 198 Å². The molecular formula is C24H19BrN6S. The second-order valence-electron chi connectivity index (χ2n) is 7.13. The van der Waals surface area contributed by atoms with E-state index >= 15 is 0 Å². The van der Waals surface area contributed by atoms with Crippen molar-refractivity contribution in [1.82, 2.24) is 19.5 Å². The van der Waals surface area contributed by atoms with E-state index in [1.54, 1.807) is 24.3 Å². The molecule has 0 aliphatic carbocycles. The summed E-state index contributed by atoms with van der Waals surface area (Å²) in [6.45, 7) is 0. The Kier molecular flexibility index (Phi) is 5.79. The predicted molar refractivity (Wildman–Crippen MR) is 136 cm³/mol. The van der Waals surface area contributed by atoms with Crippen molar-refractivity contribution in [3.8, 4) is 17.1 Å². The summed E-state index contributed by atoms with van der Waals surface area (Å²) in [6, 6.07) is 24.3. The summed E-state index contributed by atoms with van der Waals surface area (Å²) < 4.78 is 6.26. The van der Waals surface area contributed by atoms with Crippen LogP contribution in [0.25, 0.3) is 28.2 Å². The smallest absolute Gasteiger partial charge is 0.165 e. The van der Waals surface area contributed by atoms with E-state index in [1.165, 1.54) is 5.56 Å². The maximum atomic E-state index is 6.17. The first-order valence-electron chi connectivity index (χ1n) is 9.96. The Hall–Kier alpha value is -3.36. The van der Waals surface area contributed by atoms with Crippen LogP contribution in [0.15, 0.2) is 89.7 Å². The van der Waals surface area contributed by atoms with Gasteiger partial charge in [0.05, 0.1) is 5.56 Å². The van der Waals surface area contributed by atoms with Crippen molar-refractivity contribution < 1.29 is 0 Å². The fourth-order valence-electron chi connectivity index (χ4n) is 3.42. The fraction of sp³-hybridized carbons (Fsp3) is 0.0417. The van der Waals surface area contributed by atoms with Gasteiger partial charge in [0, 0.05) is 34.0 Å². The molecule has 3 aromatic heterocycles. The molecule has 0 amide bonds. The first kappa shape index (κ1) is 20.5. The summed E-state index contributed by atoms with van der Waals surface area (Å²) in [4.78, 5) is 13.7. The van der Waals surface area contributed by atoms with Crippen LogP contribution in [-0.4, -0.2) is 19.5 Å². The Morgan fingerprint density at radius 3 is 2.56 bits per heavy atom. The van der Waals surface area contributed by atoms with Crippen LogP contribution in [0.5, 0.6) is 0 Å². The normalized spacial score (nSPS) is 11.0. The zero-order valence-corrected chi connectivity index (χ0v) is 19.3. The van der Waals surface area contributed by atoms with E-state index in [0.29, 0.717) is 11.6 Å². The third kappa shape index (κ3) is 4.19. The number of aromatic nitrogens is 4. The molecule has 0 bridgehead atoms. The van der Waals surface area contributed by atoms with Crippen LogP contribution in [0.2, 0.25) is 0 Å². The number of halogens is 1. The number of pyridine rings is 2. The van der Waals surface area contributed by atoms with Crippen molar-refractivity contribution in [1.29, 1.82) is 0 Å². The number of nitrogens with two attached hydrogens (primary N) is 1. The van der Waals surface area contributed by atoms with E-state index in [-0.39, 0.29) is 0 Å². The van der Waals surface area contributed by atoms with Crippen molar-refractivity contribution in [2.75, 3.05) is 10.5 Å². The topological polar surface area (TPSA) is 81.7 Å². The molecule has 0 aliphatic rings. The molecule has 3 N–H and O–H groups in total. The number of imidazole rings is 1. The Morgan fingerprint density at radius 1 is 0.969 bits per heavy atom. The number of hydrogen-bond acceptors (Lipinski definition) is 6. The third-order valence-corrected chi connectivity index (χ3v) is 6.23. The molecule has 5 rings (SSSR count). The predicted octanol–water partition coefficient (Wildman–Crippen LogP) is 6.09. The highest BCUT2D eigenvalue weighted by Crippen LogP contribution is 2.31. The van der Waals surface area contributed by atoms with Gasteiger partial charge in [-0.2, -0.15) is 0 Å². The second-order valence-corrected chi connectivity index (χ2v) is 8.82. The van der Waals surface area contributed by atoms with Gasteiger partial charge in [-0.3, -0.25) is 4.57 Å². The molecule has 0 spiro atoms. The summed E-state index contributed by atoms with van der Waals surface area (Å²) in [5.74, 6) is 1.99. The molecule has 0 fully saturated rings. The van der Waals surface area contributed by atoms with Gasteiger partial charge in [0.15, 0.2) is 11.5 Å². The standard InChI is InChI=1S/C24H19BrN6S/c25-17-13-21-24(28-14-17)31(23(29-21)20-7-4-12-27-22(20)26)19-10-8-16(9-11-19)15-32-30-18-5-2-1-3-6-18/h1-14,30H,15H2,(H2,26,27). The number of hydrogen-bond donors (Lipinski definition) is 2.